The van der Waals surface area contributed by atoms with Gasteiger partial charge in [0, 0.05) is 24.3 Å². The average molecular weight is 483 g/mol. The monoisotopic (exact) mass is 482 g/mol. The number of nitrogens with zero attached hydrogens (tertiary/aromatic N) is 1. The molecule has 7 nitrogen and oxygen atoms in total. The van der Waals surface area contributed by atoms with Crippen molar-refractivity contribution in [2.45, 2.75) is 31.2 Å². The number of alkyl carbamates (subject to hydrolysis) is 1. The Morgan fingerprint density at radius 2 is 1.71 bits per heavy atom. The largest absolute Gasteiger partial charge is 0.480 e. The second-order valence-electron chi connectivity index (χ2n) is 8.76. The van der Waals surface area contributed by atoms with Gasteiger partial charge in [-0.1, -0.05) is 55.0 Å². The molecule has 2 aliphatic carbocycles. The van der Waals surface area contributed by atoms with E-state index in [1.165, 1.54) is 4.90 Å². The van der Waals surface area contributed by atoms with E-state index in [2.05, 4.69) is 29.6 Å². The summed E-state index contributed by atoms with van der Waals surface area (Å²) in [6.45, 7) is 0.262. The van der Waals surface area contributed by atoms with Crippen molar-refractivity contribution in [2.75, 3.05) is 31.7 Å². The van der Waals surface area contributed by atoms with Gasteiger partial charge < -0.3 is 20.1 Å². The van der Waals surface area contributed by atoms with Crippen LogP contribution in [0.3, 0.4) is 0 Å². The van der Waals surface area contributed by atoms with Crippen LogP contribution in [0.4, 0.5) is 4.79 Å². The first-order chi connectivity index (χ1) is 16.5. The van der Waals surface area contributed by atoms with Crippen molar-refractivity contribution in [2.24, 2.45) is 5.92 Å². The molecule has 180 valence electrons. The molecule has 0 spiro atoms. The van der Waals surface area contributed by atoms with Crippen LogP contribution >= 0.6 is 11.8 Å². The van der Waals surface area contributed by atoms with Crippen molar-refractivity contribution < 1.29 is 24.2 Å². The number of rotatable bonds is 9. The van der Waals surface area contributed by atoms with E-state index in [9.17, 15) is 19.5 Å². The maximum Gasteiger partial charge on any atom is 0.407 e. The Bertz CT molecular complexity index is 1010. The van der Waals surface area contributed by atoms with Crippen molar-refractivity contribution in [1.82, 2.24) is 10.2 Å². The fourth-order valence-electron chi connectivity index (χ4n) is 5.09. The van der Waals surface area contributed by atoms with E-state index < -0.39 is 18.0 Å². The van der Waals surface area contributed by atoms with Gasteiger partial charge in [0.2, 0.25) is 5.91 Å². The zero-order chi connectivity index (χ0) is 24.1. The van der Waals surface area contributed by atoms with Crippen LogP contribution < -0.4 is 5.32 Å². The first kappa shape index (κ1) is 24.1. The highest BCUT2D eigenvalue weighted by Gasteiger charge is 2.37. The Hall–Kier alpha value is -3.00. The molecule has 8 heteroatoms. The van der Waals surface area contributed by atoms with Gasteiger partial charge >= 0.3 is 12.1 Å². The summed E-state index contributed by atoms with van der Waals surface area (Å²) in [5.74, 6) is -1.04. The van der Waals surface area contributed by atoms with Crippen molar-refractivity contribution in [3.05, 3.63) is 59.7 Å². The van der Waals surface area contributed by atoms with Gasteiger partial charge in [-0.25, -0.2) is 4.79 Å². The molecule has 34 heavy (non-hydrogen) atoms. The second kappa shape index (κ2) is 11.0. The van der Waals surface area contributed by atoms with E-state index in [-0.39, 0.29) is 31.0 Å². The minimum atomic E-state index is -1.03. The molecule has 1 saturated carbocycles. The van der Waals surface area contributed by atoms with Crippen molar-refractivity contribution in [3.8, 4) is 11.1 Å². The van der Waals surface area contributed by atoms with Gasteiger partial charge in [-0.05, 0) is 41.4 Å². The number of carbonyl (C=O) groups is 3. The molecular weight excluding hydrogens is 452 g/mol. The Morgan fingerprint density at radius 3 is 2.32 bits per heavy atom. The number of carboxylic acid groups (broad SMARTS) is 1. The summed E-state index contributed by atoms with van der Waals surface area (Å²) >= 11 is 1.56. The predicted molar refractivity (Wildman–Crippen MR) is 132 cm³/mol. The molecule has 0 bridgehead atoms. The first-order valence-electron chi connectivity index (χ1n) is 11.6. The first-order valence-corrected chi connectivity index (χ1v) is 13.0. The number of fused-ring (bicyclic) bond motifs is 3. The Labute approximate surface area is 203 Å². The number of carboxylic acids is 1. The molecule has 2 atom stereocenters. The lowest BCUT2D eigenvalue weighted by Crippen LogP contribution is -2.47. The number of ether oxygens (including phenoxy) is 1. The second-order valence-corrected chi connectivity index (χ2v) is 9.75. The van der Waals surface area contributed by atoms with Crippen LogP contribution in [0.1, 0.15) is 36.3 Å². The average Bonchev–Trinajstić information content (AvgIpc) is 3.42. The van der Waals surface area contributed by atoms with Crippen LogP contribution in [0.25, 0.3) is 11.1 Å². The van der Waals surface area contributed by atoms with Crippen LogP contribution in [0.2, 0.25) is 0 Å². The van der Waals surface area contributed by atoms with Gasteiger partial charge in [-0.3, -0.25) is 9.59 Å². The molecule has 2 aromatic rings. The molecule has 2 N–H and O–H groups in total. The fourth-order valence-corrected chi connectivity index (χ4v) is 5.49. The molecule has 0 saturated heterocycles. The summed E-state index contributed by atoms with van der Waals surface area (Å²) in [5, 5.41) is 12.1. The lowest BCUT2D eigenvalue weighted by Gasteiger charge is -2.27. The van der Waals surface area contributed by atoms with E-state index in [4.69, 9.17) is 4.74 Å². The summed E-state index contributed by atoms with van der Waals surface area (Å²) in [6.07, 6.45) is 3.47. The van der Waals surface area contributed by atoms with E-state index >= 15 is 0 Å². The number of benzene rings is 2. The third-order valence-corrected chi connectivity index (χ3v) is 7.27. The van der Waals surface area contributed by atoms with Crippen molar-refractivity contribution in [1.29, 1.82) is 0 Å². The number of nitrogens with one attached hydrogen (secondary N) is 1. The third kappa shape index (κ3) is 5.22. The van der Waals surface area contributed by atoms with E-state index in [1.807, 2.05) is 30.5 Å². The summed E-state index contributed by atoms with van der Waals surface area (Å²) < 4.78 is 5.65. The molecule has 0 heterocycles. The zero-order valence-corrected chi connectivity index (χ0v) is 20.1. The molecule has 0 aromatic heterocycles. The minimum absolute atomic E-state index is 0.0308. The maximum atomic E-state index is 13.1. The Morgan fingerprint density at radius 1 is 1.06 bits per heavy atom. The highest BCUT2D eigenvalue weighted by Crippen LogP contribution is 2.44. The highest BCUT2D eigenvalue weighted by atomic mass is 32.2. The topological polar surface area (TPSA) is 95.9 Å². The number of aliphatic carboxylic acids is 1. The molecular formula is C26H30N2O5S. The fraction of sp³-hybridized carbons (Fsp3) is 0.423. The minimum Gasteiger partial charge on any atom is -0.480 e. The van der Waals surface area contributed by atoms with Gasteiger partial charge in [0.1, 0.15) is 13.2 Å². The van der Waals surface area contributed by atoms with Crippen LogP contribution in [0.5, 0.6) is 0 Å². The molecule has 4 rings (SSSR count). The van der Waals surface area contributed by atoms with Gasteiger partial charge in [0.05, 0.1) is 5.92 Å². The van der Waals surface area contributed by atoms with E-state index in [0.29, 0.717) is 25.1 Å². The lowest BCUT2D eigenvalue weighted by atomic mass is 9.98. The molecule has 2 aliphatic rings. The SMILES string of the molecule is CSCCN(CC(=O)O)C(=O)[C@H]1CCC[C@H]1NC(=O)OCC1c2ccccc2-c2ccccc21. The van der Waals surface area contributed by atoms with Gasteiger partial charge in [0.15, 0.2) is 0 Å². The predicted octanol–water partition coefficient (Wildman–Crippen LogP) is 3.97. The standard InChI is InChI=1S/C26H30N2O5S/c1-34-14-13-28(15-24(29)30)25(31)21-11-6-12-23(21)27-26(32)33-16-22-19-9-4-2-7-17(19)18-8-3-5-10-20(18)22/h2-5,7-10,21-23H,6,11-16H2,1H3,(H,27,32)(H,29,30)/t21-,23+/m0/s1. The van der Waals surface area contributed by atoms with Crippen LogP contribution in [0.15, 0.2) is 48.5 Å². The summed E-state index contributed by atoms with van der Waals surface area (Å²) in [4.78, 5) is 38.4. The highest BCUT2D eigenvalue weighted by molar-refractivity contribution is 7.98. The number of thioether (sulfide) groups is 1. The smallest absolute Gasteiger partial charge is 0.407 e. The van der Waals surface area contributed by atoms with Gasteiger partial charge in [0.25, 0.3) is 0 Å². The maximum absolute atomic E-state index is 13.1. The van der Waals surface area contributed by atoms with Crippen LogP contribution in [-0.2, 0) is 14.3 Å². The normalized spacial score (nSPS) is 18.7. The summed E-state index contributed by atoms with van der Waals surface area (Å²) in [7, 11) is 0. The number of hydrogen-bond acceptors (Lipinski definition) is 5. The number of hydrogen-bond donors (Lipinski definition) is 2. The Kier molecular flexibility index (Phi) is 7.77. The lowest BCUT2D eigenvalue weighted by molar-refractivity contribution is -0.146. The van der Waals surface area contributed by atoms with Crippen molar-refractivity contribution in [3.63, 3.8) is 0 Å². The zero-order valence-electron chi connectivity index (χ0n) is 19.2. The molecule has 1 fully saturated rings. The quantitative estimate of drug-likeness (QED) is 0.562. The van der Waals surface area contributed by atoms with Gasteiger partial charge in [-0.2, -0.15) is 11.8 Å². The molecule has 0 aliphatic heterocycles. The van der Waals surface area contributed by atoms with Crippen molar-refractivity contribution >= 4 is 29.7 Å². The molecule has 2 amide bonds. The molecule has 0 unspecified atom stereocenters. The Balaban J connectivity index is 1.38. The van der Waals surface area contributed by atoms with E-state index in [1.54, 1.807) is 11.8 Å². The van der Waals surface area contributed by atoms with E-state index in [0.717, 1.165) is 28.7 Å². The summed E-state index contributed by atoms with van der Waals surface area (Å²) in [6, 6.07) is 16.0. The van der Waals surface area contributed by atoms with Crippen LogP contribution in [0, 0.1) is 5.92 Å². The number of amides is 2. The molecule has 0 radical (unpaired) electrons. The van der Waals surface area contributed by atoms with Gasteiger partial charge in [-0.15, -0.1) is 0 Å². The number of carbonyl (C=O) groups excluding carboxylic acids is 2. The van der Waals surface area contributed by atoms with Crippen LogP contribution in [-0.4, -0.2) is 65.7 Å². The molecule has 2 aromatic carbocycles. The third-order valence-electron chi connectivity index (χ3n) is 6.68. The summed E-state index contributed by atoms with van der Waals surface area (Å²) in [5.41, 5.74) is 4.61.